The van der Waals surface area contributed by atoms with Gasteiger partial charge in [-0.05, 0) is 43.0 Å². The van der Waals surface area contributed by atoms with Gasteiger partial charge in [-0.1, -0.05) is 12.1 Å². The van der Waals surface area contributed by atoms with Crippen molar-refractivity contribution < 1.29 is 9.90 Å². The van der Waals surface area contributed by atoms with E-state index in [0.29, 0.717) is 6.04 Å². The molecule has 2 aromatic heterocycles. The van der Waals surface area contributed by atoms with Crippen molar-refractivity contribution in [2.45, 2.75) is 44.7 Å². The van der Waals surface area contributed by atoms with Crippen LogP contribution in [0.25, 0.3) is 0 Å². The van der Waals surface area contributed by atoms with Crippen molar-refractivity contribution in [1.82, 2.24) is 20.2 Å². The third-order valence-corrected chi connectivity index (χ3v) is 5.75. The summed E-state index contributed by atoms with van der Waals surface area (Å²) in [5.74, 6) is 0.256. The van der Waals surface area contributed by atoms with Crippen LogP contribution in [0, 0.1) is 6.92 Å². The standard InChI is InChI=1S/C22H29N5O2/c1-15-4-5-17(12-24-15)20(11-21(28)29)25-19-13-27(14-19)10-8-18-7-6-16-3-2-9-23-22(16)26-18/h4-7,12,19-20,25H,2-3,8-11,13-14H2,1H3,(H,23,26)(H,28,29)/t20-/m0/s1. The van der Waals surface area contributed by atoms with E-state index >= 15 is 0 Å². The monoisotopic (exact) mass is 395 g/mol. The number of carboxylic acids is 1. The summed E-state index contributed by atoms with van der Waals surface area (Å²) in [5, 5.41) is 16.2. The first-order chi connectivity index (χ1) is 14.1. The lowest BCUT2D eigenvalue weighted by molar-refractivity contribution is -0.137. The van der Waals surface area contributed by atoms with E-state index in [4.69, 9.17) is 4.98 Å². The first kappa shape index (κ1) is 19.8. The second-order valence-electron chi connectivity index (χ2n) is 8.10. The van der Waals surface area contributed by atoms with Gasteiger partial charge in [-0.3, -0.25) is 14.7 Å². The zero-order valence-electron chi connectivity index (χ0n) is 16.9. The van der Waals surface area contributed by atoms with E-state index in [2.05, 4.69) is 32.7 Å². The Kier molecular flexibility index (Phi) is 6.06. The number of carboxylic acid groups (broad SMARTS) is 1. The highest BCUT2D eigenvalue weighted by molar-refractivity contribution is 5.67. The Morgan fingerprint density at radius 1 is 1.34 bits per heavy atom. The normalized spacial score (nSPS) is 17.8. The first-order valence-electron chi connectivity index (χ1n) is 10.4. The summed E-state index contributed by atoms with van der Waals surface area (Å²) in [6.45, 7) is 5.77. The number of hydrogen-bond donors (Lipinski definition) is 3. The van der Waals surface area contributed by atoms with Gasteiger partial charge < -0.3 is 15.7 Å². The molecule has 29 heavy (non-hydrogen) atoms. The van der Waals surface area contributed by atoms with Crippen molar-refractivity contribution in [3.63, 3.8) is 0 Å². The van der Waals surface area contributed by atoms with Crippen LogP contribution in [0.15, 0.2) is 30.5 Å². The highest BCUT2D eigenvalue weighted by Gasteiger charge is 2.29. The molecule has 0 amide bonds. The molecule has 3 N–H and O–H groups in total. The molecule has 1 atom stereocenters. The number of likely N-dealkylation sites (tertiary alicyclic amines) is 1. The highest BCUT2D eigenvalue weighted by atomic mass is 16.4. The summed E-state index contributed by atoms with van der Waals surface area (Å²) in [7, 11) is 0. The maximum absolute atomic E-state index is 11.3. The third-order valence-electron chi connectivity index (χ3n) is 5.75. The fraction of sp³-hybridized carbons (Fsp3) is 0.500. The van der Waals surface area contributed by atoms with Crippen LogP contribution in [0.5, 0.6) is 0 Å². The molecule has 0 saturated carbocycles. The van der Waals surface area contributed by atoms with Crippen LogP contribution in [0.1, 0.15) is 41.4 Å². The van der Waals surface area contributed by atoms with E-state index in [1.165, 1.54) is 12.0 Å². The van der Waals surface area contributed by atoms with Crippen molar-refractivity contribution in [2.75, 3.05) is 31.5 Å². The molecule has 4 rings (SSSR count). The summed E-state index contributed by atoms with van der Waals surface area (Å²) in [4.78, 5) is 22.7. The maximum atomic E-state index is 11.3. The Labute approximate surface area is 171 Å². The molecule has 0 spiro atoms. The average molecular weight is 396 g/mol. The van der Waals surface area contributed by atoms with Gasteiger partial charge in [0.2, 0.25) is 0 Å². The minimum absolute atomic E-state index is 0.0628. The molecule has 154 valence electrons. The number of aryl methyl sites for hydroxylation is 2. The van der Waals surface area contributed by atoms with Crippen LogP contribution in [0.3, 0.4) is 0 Å². The molecule has 2 aromatic rings. The van der Waals surface area contributed by atoms with Crippen LogP contribution < -0.4 is 10.6 Å². The van der Waals surface area contributed by atoms with Crippen molar-refractivity contribution in [1.29, 1.82) is 0 Å². The summed E-state index contributed by atoms with van der Waals surface area (Å²) in [6, 6.07) is 8.35. The number of aromatic nitrogens is 2. The Hall–Kier alpha value is -2.51. The lowest BCUT2D eigenvalue weighted by atomic mass is 10.0. The fourth-order valence-corrected chi connectivity index (χ4v) is 4.06. The van der Waals surface area contributed by atoms with Gasteiger partial charge in [-0.25, -0.2) is 4.98 Å². The number of pyridine rings is 2. The largest absolute Gasteiger partial charge is 0.481 e. The Balaban J connectivity index is 1.26. The fourth-order valence-electron chi connectivity index (χ4n) is 4.06. The number of fused-ring (bicyclic) bond motifs is 1. The van der Waals surface area contributed by atoms with Gasteiger partial charge in [0.05, 0.1) is 6.42 Å². The van der Waals surface area contributed by atoms with E-state index in [9.17, 15) is 9.90 Å². The molecule has 0 aliphatic carbocycles. The highest BCUT2D eigenvalue weighted by Crippen LogP contribution is 2.22. The number of anilines is 1. The Morgan fingerprint density at radius 2 is 2.21 bits per heavy atom. The molecule has 2 aliphatic heterocycles. The first-order valence-corrected chi connectivity index (χ1v) is 10.4. The predicted octanol–water partition coefficient (Wildman–Crippen LogP) is 2.18. The van der Waals surface area contributed by atoms with Crippen LogP contribution in [0.2, 0.25) is 0 Å². The van der Waals surface area contributed by atoms with E-state index < -0.39 is 5.97 Å². The van der Waals surface area contributed by atoms with Gasteiger partial charge >= 0.3 is 5.97 Å². The second-order valence-corrected chi connectivity index (χ2v) is 8.10. The summed E-state index contributed by atoms with van der Waals surface area (Å²) < 4.78 is 0. The second kappa shape index (κ2) is 8.88. The van der Waals surface area contributed by atoms with E-state index in [1.54, 1.807) is 6.20 Å². The predicted molar refractivity (Wildman–Crippen MR) is 112 cm³/mol. The van der Waals surface area contributed by atoms with Crippen LogP contribution in [-0.4, -0.2) is 58.2 Å². The van der Waals surface area contributed by atoms with Gasteiger partial charge in [0.25, 0.3) is 0 Å². The molecular formula is C22H29N5O2. The van der Waals surface area contributed by atoms with Gasteiger partial charge in [-0.15, -0.1) is 0 Å². The topological polar surface area (TPSA) is 90.4 Å². The lowest BCUT2D eigenvalue weighted by Crippen LogP contribution is -2.59. The quantitative estimate of drug-likeness (QED) is 0.631. The average Bonchev–Trinajstić information content (AvgIpc) is 2.69. The SMILES string of the molecule is Cc1ccc([C@H](CC(=O)O)NC2CN(CCc3ccc4c(n3)NCCC4)C2)cn1. The maximum Gasteiger partial charge on any atom is 0.305 e. The van der Waals surface area contributed by atoms with Crippen molar-refractivity contribution in [2.24, 2.45) is 0 Å². The number of carbonyl (C=O) groups is 1. The molecule has 7 heteroatoms. The molecular weight excluding hydrogens is 366 g/mol. The van der Waals surface area contributed by atoms with Gasteiger partial charge in [0, 0.05) is 62.3 Å². The number of nitrogens with one attached hydrogen (secondary N) is 2. The van der Waals surface area contributed by atoms with Crippen molar-refractivity contribution in [3.8, 4) is 0 Å². The van der Waals surface area contributed by atoms with Gasteiger partial charge in [0.15, 0.2) is 0 Å². The third kappa shape index (κ3) is 5.10. The summed E-state index contributed by atoms with van der Waals surface area (Å²) in [6.07, 6.45) is 5.07. The molecule has 0 radical (unpaired) electrons. The molecule has 1 fully saturated rings. The molecule has 0 unspecified atom stereocenters. The zero-order valence-corrected chi connectivity index (χ0v) is 16.9. The Morgan fingerprint density at radius 3 is 2.97 bits per heavy atom. The Bertz CT molecular complexity index is 849. The summed E-state index contributed by atoms with van der Waals surface area (Å²) in [5.41, 5.74) is 4.32. The number of nitrogens with zero attached hydrogens (tertiary/aromatic N) is 3. The van der Waals surface area contributed by atoms with Crippen LogP contribution in [-0.2, 0) is 17.6 Å². The van der Waals surface area contributed by atoms with Gasteiger partial charge in [-0.2, -0.15) is 0 Å². The minimum atomic E-state index is -0.800. The molecule has 0 aromatic carbocycles. The minimum Gasteiger partial charge on any atom is -0.481 e. The van der Waals surface area contributed by atoms with E-state index in [-0.39, 0.29) is 12.5 Å². The zero-order chi connectivity index (χ0) is 20.2. The van der Waals surface area contributed by atoms with Gasteiger partial charge in [0.1, 0.15) is 5.82 Å². The molecule has 1 saturated heterocycles. The smallest absolute Gasteiger partial charge is 0.305 e. The molecule has 7 nitrogen and oxygen atoms in total. The van der Waals surface area contributed by atoms with E-state index in [1.807, 2.05) is 19.1 Å². The molecule has 2 aliphatic rings. The molecule has 4 heterocycles. The van der Waals surface area contributed by atoms with E-state index in [0.717, 1.165) is 61.8 Å². The van der Waals surface area contributed by atoms with Crippen LogP contribution >= 0.6 is 0 Å². The summed E-state index contributed by atoms with van der Waals surface area (Å²) >= 11 is 0. The molecule has 0 bridgehead atoms. The number of aliphatic carboxylic acids is 1. The van der Waals surface area contributed by atoms with Crippen molar-refractivity contribution in [3.05, 3.63) is 53.0 Å². The number of hydrogen-bond acceptors (Lipinski definition) is 6. The van der Waals surface area contributed by atoms with Crippen LogP contribution in [0.4, 0.5) is 5.82 Å². The van der Waals surface area contributed by atoms with Crippen molar-refractivity contribution >= 4 is 11.8 Å². The lowest BCUT2D eigenvalue weighted by Gasteiger charge is -2.41. The number of rotatable bonds is 8.